The van der Waals surface area contributed by atoms with Crippen LogP contribution in [0.25, 0.3) is 0 Å². The Morgan fingerprint density at radius 2 is 1.87 bits per heavy atom. The second-order valence-electron chi connectivity index (χ2n) is 5.43. The Bertz CT molecular complexity index is 678. The number of hydrogen-bond donors (Lipinski definition) is 0. The third-order valence-corrected chi connectivity index (χ3v) is 4.20. The van der Waals surface area contributed by atoms with E-state index < -0.39 is 0 Å². The molecule has 6 heteroatoms. The molecule has 1 fully saturated rings. The second-order valence-corrected chi connectivity index (χ2v) is 5.43. The van der Waals surface area contributed by atoms with Gasteiger partial charge in [0.05, 0.1) is 21.3 Å². The van der Waals surface area contributed by atoms with Crippen molar-refractivity contribution in [3.05, 3.63) is 36.2 Å². The van der Waals surface area contributed by atoms with E-state index in [1.165, 1.54) is 0 Å². The van der Waals surface area contributed by atoms with Crippen LogP contribution in [-0.2, 0) is 0 Å². The fourth-order valence-electron chi connectivity index (χ4n) is 3.04. The fourth-order valence-corrected chi connectivity index (χ4v) is 3.04. The minimum absolute atomic E-state index is 0.353. The quantitative estimate of drug-likeness (QED) is 0.845. The molecule has 1 aromatic heterocycles. The molecule has 2 aromatic rings. The minimum atomic E-state index is 0.353. The lowest BCUT2D eigenvalue weighted by atomic mass is 9.97. The van der Waals surface area contributed by atoms with E-state index in [2.05, 4.69) is 20.9 Å². The minimum Gasteiger partial charge on any atom is -0.497 e. The normalized spacial score (nSPS) is 17.2. The van der Waals surface area contributed by atoms with Gasteiger partial charge in [0, 0.05) is 37.0 Å². The van der Waals surface area contributed by atoms with Crippen molar-refractivity contribution in [1.29, 1.82) is 0 Å². The van der Waals surface area contributed by atoms with Crippen LogP contribution in [0, 0.1) is 0 Å². The largest absolute Gasteiger partial charge is 0.497 e. The van der Waals surface area contributed by atoms with Crippen LogP contribution < -0.4 is 19.1 Å². The number of benzene rings is 1. The average Bonchev–Trinajstić information content (AvgIpc) is 3.10. The molecule has 0 bridgehead atoms. The van der Waals surface area contributed by atoms with E-state index in [9.17, 15) is 0 Å². The van der Waals surface area contributed by atoms with Gasteiger partial charge in [0.1, 0.15) is 11.5 Å². The van der Waals surface area contributed by atoms with E-state index >= 15 is 0 Å². The van der Waals surface area contributed by atoms with Crippen molar-refractivity contribution in [2.24, 2.45) is 0 Å². The topological polar surface area (TPSA) is 56.7 Å². The van der Waals surface area contributed by atoms with Crippen LogP contribution in [0.5, 0.6) is 17.4 Å². The number of anilines is 1. The lowest BCUT2D eigenvalue weighted by Crippen LogP contribution is -2.21. The van der Waals surface area contributed by atoms with Crippen molar-refractivity contribution in [1.82, 2.24) is 9.97 Å². The Kier molecular flexibility index (Phi) is 4.50. The van der Waals surface area contributed by atoms with Crippen LogP contribution in [0.1, 0.15) is 17.9 Å². The molecule has 0 amide bonds. The first kappa shape index (κ1) is 15.4. The number of ether oxygens (including phenoxy) is 3. The van der Waals surface area contributed by atoms with Gasteiger partial charge in [-0.25, -0.2) is 9.97 Å². The number of rotatable bonds is 5. The molecule has 1 aromatic carbocycles. The van der Waals surface area contributed by atoms with E-state index in [0.717, 1.165) is 42.4 Å². The summed E-state index contributed by atoms with van der Waals surface area (Å²) in [5, 5.41) is 0. The summed E-state index contributed by atoms with van der Waals surface area (Å²) >= 11 is 0. The smallest absolute Gasteiger partial charge is 0.257 e. The van der Waals surface area contributed by atoms with Crippen molar-refractivity contribution in [2.75, 3.05) is 39.3 Å². The second kappa shape index (κ2) is 6.73. The Hall–Kier alpha value is -2.50. The zero-order valence-corrected chi connectivity index (χ0v) is 13.7. The van der Waals surface area contributed by atoms with E-state index in [0.29, 0.717) is 11.8 Å². The van der Waals surface area contributed by atoms with Gasteiger partial charge < -0.3 is 19.1 Å². The molecular formula is C17H21N3O3. The van der Waals surface area contributed by atoms with E-state index in [-0.39, 0.29) is 0 Å². The highest BCUT2D eigenvalue weighted by Gasteiger charge is 2.29. The molecule has 1 aliphatic rings. The molecular weight excluding hydrogens is 294 g/mol. The lowest BCUT2D eigenvalue weighted by molar-refractivity contribution is 0.394. The molecule has 6 nitrogen and oxygen atoms in total. The Balaban J connectivity index is 1.85. The van der Waals surface area contributed by atoms with Gasteiger partial charge in [0.25, 0.3) is 5.88 Å². The molecule has 1 unspecified atom stereocenters. The third kappa shape index (κ3) is 3.02. The van der Waals surface area contributed by atoms with Crippen molar-refractivity contribution in [2.45, 2.75) is 12.3 Å². The van der Waals surface area contributed by atoms with Gasteiger partial charge in [-0.2, -0.15) is 0 Å². The maximum atomic E-state index is 5.52. The van der Waals surface area contributed by atoms with E-state index in [4.69, 9.17) is 14.2 Å². The van der Waals surface area contributed by atoms with Crippen LogP contribution in [0.15, 0.2) is 30.6 Å². The molecule has 3 rings (SSSR count). The summed E-state index contributed by atoms with van der Waals surface area (Å²) in [6.07, 6.45) is 4.35. The van der Waals surface area contributed by atoms with Gasteiger partial charge in [-0.15, -0.1) is 0 Å². The number of methoxy groups -OCH3 is 3. The molecule has 1 aliphatic heterocycles. The van der Waals surface area contributed by atoms with Crippen molar-refractivity contribution in [3.63, 3.8) is 0 Å². The van der Waals surface area contributed by atoms with Gasteiger partial charge >= 0.3 is 0 Å². The molecule has 1 saturated heterocycles. The lowest BCUT2D eigenvalue weighted by Gasteiger charge is -2.20. The van der Waals surface area contributed by atoms with Gasteiger partial charge in [-0.05, 0) is 24.6 Å². The summed E-state index contributed by atoms with van der Waals surface area (Å²) in [4.78, 5) is 10.9. The van der Waals surface area contributed by atoms with Crippen LogP contribution >= 0.6 is 0 Å². The highest BCUT2D eigenvalue weighted by molar-refractivity contribution is 5.51. The van der Waals surface area contributed by atoms with Crippen LogP contribution in [0.4, 0.5) is 5.82 Å². The maximum absolute atomic E-state index is 5.52. The Labute approximate surface area is 136 Å². The predicted molar refractivity (Wildman–Crippen MR) is 87.7 cm³/mol. The fraction of sp³-hybridized carbons (Fsp3) is 0.412. The molecule has 1 atom stereocenters. The van der Waals surface area contributed by atoms with Crippen molar-refractivity contribution >= 4 is 5.82 Å². The first-order valence-corrected chi connectivity index (χ1v) is 7.58. The van der Waals surface area contributed by atoms with Crippen molar-refractivity contribution in [3.8, 4) is 17.4 Å². The Morgan fingerprint density at radius 1 is 1.04 bits per heavy atom. The summed E-state index contributed by atoms with van der Waals surface area (Å²) in [6, 6.07) is 5.93. The molecule has 0 saturated carbocycles. The highest BCUT2D eigenvalue weighted by Crippen LogP contribution is 2.38. The predicted octanol–water partition coefficient (Wildman–Crippen LogP) is 2.50. The van der Waals surface area contributed by atoms with Crippen molar-refractivity contribution < 1.29 is 14.2 Å². The Morgan fingerprint density at radius 3 is 2.61 bits per heavy atom. The molecule has 23 heavy (non-hydrogen) atoms. The number of hydrogen-bond acceptors (Lipinski definition) is 6. The van der Waals surface area contributed by atoms with Gasteiger partial charge in [0.15, 0.2) is 5.82 Å². The average molecular weight is 315 g/mol. The van der Waals surface area contributed by atoms with Crippen LogP contribution in [0.3, 0.4) is 0 Å². The first-order chi connectivity index (χ1) is 11.3. The summed E-state index contributed by atoms with van der Waals surface area (Å²) in [5.74, 6) is 3.44. The standard InChI is InChI=1S/C17H21N3O3/c1-21-13-4-5-15(22-2)14(10-13)12-6-9-20(11-12)16-17(23-3)19-8-7-18-16/h4-5,7-8,10,12H,6,9,11H2,1-3H3. The summed E-state index contributed by atoms with van der Waals surface area (Å²) in [5.41, 5.74) is 1.16. The number of aromatic nitrogens is 2. The highest BCUT2D eigenvalue weighted by atomic mass is 16.5. The zero-order chi connectivity index (χ0) is 16.2. The summed E-state index contributed by atoms with van der Waals surface area (Å²) < 4.78 is 16.2. The molecule has 0 spiro atoms. The number of nitrogens with zero attached hydrogens (tertiary/aromatic N) is 3. The molecule has 0 N–H and O–H groups in total. The van der Waals surface area contributed by atoms with Crippen LogP contribution in [0.2, 0.25) is 0 Å². The molecule has 0 radical (unpaired) electrons. The third-order valence-electron chi connectivity index (χ3n) is 4.20. The van der Waals surface area contributed by atoms with E-state index in [1.54, 1.807) is 33.7 Å². The molecule has 122 valence electrons. The monoisotopic (exact) mass is 315 g/mol. The molecule has 0 aliphatic carbocycles. The first-order valence-electron chi connectivity index (χ1n) is 7.58. The summed E-state index contributed by atoms with van der Waals surface area (Å²) in [7, 11) is 4.99. The maximum Gasteiger partial charge on any atom is 0.257 e. The van der Waals surface area contributed by atoms with Gasteiger partial charge in [-0.1, -0.05) is 0 Å². The summed E-state index contributed by atoms with van der Waals surface area (Å²) in [6.45, 7) is 1.75. The van der Waals surface area contributed by atoms with Gasteiger partial charge in [-0.3, -0.25) is 0 Å². The zero-order valence-electron chi connectivity index (χ0n) is 13.7. The van der Waals surface area contributed by atoms with E-state index in [1.807, 2.05) is 12.1 Å². The molecule has 2 heterocycles. The van der Waals surface area contributed by atoms with Crippen LogP contribution in [-0.4, -0.2) is 44.4 Å². The SMILES string of the molecule is COc1ccc(OC)c(C2CCN(c3nccnc3OC)C2)c1. The van der Waals surface area contributed by atoms with Gasteiger partial charge in [0.2, 0.25) is 0 Å².